The van der Waals surface area contributed by atoms with Crippen molar-refractivity contribution in [1.29, 1.82) is 0 Å². The summed E-state index contributed by atoms with van der Waals surface area (Å²) in [5.74, 6) is 0.458. The van der Waals surface area contributed by atoms with E-state index in [-0.39, 0.29) is 30.4 Å². The molecule has 0 bridgehead atoms. The van der Waals surface area contributed by atoms with Crippen LogP contribution < -0.4 is 20.7 Å². The van der Waals surface area contributed by atoms with Crippen LogP contribution in [0, 0.1) is 5.92 Å². The maximum Gasteiger partial charge on any atom is 0.262 e. The highest BCUT2D eigenvalue weighted by molar-refractivity contribution is 6.23. The second-order valence-corrected chi connectivity index (χ2v) is 16.8. The highest BCUT2D eigenvalue weighted by atomic mass is 16.5. The van der Waals surface area contributed by atoms with Crippen molar-refractivity contribution in [3.63, 3.8) is 0 Å². The summed E-state index contributed by atoms with van der Waals surface area (Å²) in [5.41, 5.74) is 10.2. The van der Waals surface area contributed by atoms with Crippen LogP contribution in [0.15, 0.2) is 79.1 Å². The van der Waals surface area contributed by atoms with Crippen LogP contribution in [0.3, 0.4) is 0 Å². The van der Waals surface area contributed by atoms with Gasteiger partial charge in [0.2, 0.25) is 17.7 Å². The fourth-order valence-electron chi connectivity index (χ4n) is 9.46. The molecule has 0 saturated carbocycles. The molecule has 4 saturated heterocycles. The number of nitrogens with one attached hydrogen (secondary N) is 1. The third kappa shape index (κ3) is 7.51. The molecule has 3 N–H and O–H groups in total. The van der Waals surface area contributed by atoms with Crippen LogP contribution in [-0.2, 0) is 14.4 Å². The lowest BCUT2D eigenvalue weighted by Gasteiger charge is -2.45. The smallest absolute Gasteiger partial charge is 0.262 e. The van der Waals surface area contributed by atoms with Crippen LogP contribution in [0.4, 0.5) is 11.5 Å². The number of nitrogen functional groups attached to an aromatic ring is 1. The van der Waals surface area contributed by atoms with Gasteiger partial charge < -0.3 is 25.2 Å². The number of ether oxygens (including phenoxy) is 1. The number of imide groups is 2. The average Bonchev–Trinajstić information content (AvgIpc) is 3.78. The number of piperazine rings is 1. The molecule has 1 atom stereocenters. The van der Waals surface area contributed by atoms with Gasteiger partial charge in [0.1, 0.15) is 35.4 Å². The average molecular weight is 838 g/mol. The Morgan fingerprint density at radius 1 is 0.790 bits per heavy atom. The third-order valence-electron chi connectivity index (χ3n) is 12.9. The Labute approximate surface area is 357 Å². The molecule has 0 aliphatic carbocycles. The van der Waals surface area contributed by atoms with E-state index < -0.39 is 29.7 Å². The van der Waals surface area contributed by atoms with E-state index in [0.717, 1.165) is 80.6 Å². The van der Waals surface area contributed by atoms with Crippen LogP contribution in [-0.4, -0.2) is 140 Å². The molecule has 4 fully saturated rings. The zero-order valence-electron chi connectivity index (χ0n) is 34.2. The lowest BCUT2D eigenvalue weighted by Crippen LogP contribution is -2.56. The van der Waals surface area contributed by atoms with Gasteiger partial charge in [0.05, 0.1) is 29.1 Å². The van der Waals surface area contributed by atoms with Gasteiger partial charge in [0.25, 0.3) is 11.8 Å². The maximum absolute atomic E-state index is 13.5. The SMILES string of the molecule is Nc1ncnc2c1c(-c1ccc(Oc3ccccc3)cc1)nn2C1CCN(C(=O)CN2CCN(CC3CN(c4ccc5c(c4)C(=O)N(C4CCC(=O)NC4=O)C5=O)C3)CC2)CC1. The number of benzene rings is 3. The first-order chi connectivity index (χ1) is 30.2. The number of anilines is 2. The number of aromatic nitrogens is 4. The summed E-state index contributed by atoms with van der Waals surface area (Å²) >= 11 is 0. The van der Waals surface area contributed by atoms with Gasteiger partial charge in [-0.3, -0.25) is 39.1 Å². The number of para-hydroxylation sites is 1. The Balaban J connectivity index is 0.685. The molecule has 5 aliphatic rings. The molecule has 10 rings (SSSR count). The number of carbonyl (C=O) groups excluding carboxylic acids is 5. The highest BCUT2D eigenvalue weighted by Crippen LogP contribution is 2.36. The van der Waals surface area contributed by atoms with Crippen molar-refractivity contribution in [2.75, 3.05) is 76.1 Å². The minimum atomic E-state index is -0.979. The Morgan fingerprint density at radius 2 is 1.50 bits per heavy atom. The number of amides is 5. The van der Waals surface area contributed by atoms with Crippen LogP contribution in [0.25, 0.3) is 22.3 Å². The zero-order valence-corrected chi connectivity index (χ0v) is 34.2. The second kappa shape index (κ2) is 16.3. The van der Waals surface area contributed by atoms with E-state index in [9.17, 15) is 24.0 Å². The van der Waals surface area contributed by atoms with E-state index in [1.165, 1.54) is 6.33 Å². The number of carbonyl (C=O) groups is 5. The number of likely N-dealkylation sites (tertiary alicyclic amines) is 1. The van der Waals surface area contributed by atoms with Gasteiger partial charge in [-0.2, -0.15) is 5.10 Å². The minimum absolute atomic E-state index is 0.0565. The molecule has 5 amide bonds. The lowest BCUT2D eigenvalue weighted by molar-refractivity contribution is -0.136. The summed E-state index contributed by atoms with van der Waals surface area (Å²) in [7, 11) is 0. The van der Waals surface area contributed by atoms with Crippen molar-refractivity contribution >= 4 is 52.1 Å². The number of fused-ring (bicyclic) bond motifs is 2. The van der Waals surface area contributed by atoms with E-state index in [2.05, 4.69) is 30.0 Å². The monoisotopic (exact) mass is 837 g/mol. The molecule has 7 heterocycles. The summed E-state index contributed by atoms with van der Waals surface area (Å²) in [6, 6.07) is 21.7. The summed E-state index contributed by atoms with van der Waals surface area (Å²) in [5, 5.41) is 8.00. The predicted octanol–water partition coefficient (Wildman–Crippen LogP) is 3.19. The van der Waals surface area contributed by atoms with Crippen LogP contribution in [0.2, 0.25) is 0 Å². The van der Waals surface area contributed by atoms with Gasteiger partial charge in [-0.25, -0.2) is 14.6 Å². The van der Waals surface area contributed by atoms with Crippen molar-refractivity contribution in [3.8, 4) is 22.8 Å². The van der Waals surface area contributed by atoms with E-state index >= 15 is 0 Å². The second-order valence-electron chi connectivity index (χ2n) is 16.8. The number of hydrogen-bond acceptors (Lipinski definition) is 13. The Kier molecular flexibility index (Phi) is 10.4. The summed E-state index contributed by atoms with van der Waals surface area (Å²) in [4.78, 5) is 82.8. The van der Waals surface area contributed by atoms with Gasteiger partial charge in [-0.15, -0.1) is 0 Å². The standard InChI is InChI=1S/C45H47N11O6/c46-41-39-40(29-6-9-33(10-7-29)62-32-4-2-1-3-5-32)50-56(42(39)48-27-47-41)30-14-16-53(17-15-30)38(58)26-52-20-18-51(19-21-52)23-28-24-54(25-28)31-8-11-34-35(22-31)45(61)55(44(34)60)36-12-13-37(57)49-43(36)59/h1-11,22,27-28,30,36H,12-21,23-26H2,(H2,46,47,48)(H,49,57,59). The molecule has 0 spiro atoms. The van der Waals surface area contributed by atoms with Crippen molar-refractivity contribution in [2.24, 2.45) is 5.92 Å². The van der Waals surface area contributed by atoms with E-state index in [0.29, 0.717) is 59.4 Å². The fraction of sp³-hybridized carbons (Fsp3) is 0.378. The maximum atomic E-state index is 13.5. The Hall–Kier alpha value is -6.72. The lowest BCUT2D eigenvalue weighted by atomic mass is 9.97. The van der Waals surface area contributed by atoms with E-state index in [1.54, 1.807) is 12.1 Å². The van der Waals surface area contributed by atoms with Crippen LogP contribution in [0.5, 0.6) is 11.5 Å². The van der Waals surface area contributed by atoms with Gasteiger partial charge in [-0.1, -0.05) is 18.2 Å². The molecule has 5 aliphatic heterocycles. The third-order valence-corrected chi connectivity index (χ3v) is 12.9. The number of nitrogens with two attached hydrogens (primary N) is 1. The molecule has 5 aromatic rings. The van der Waals surface area contributed by atoms with Gasteiger partial charge in [-0.05, 0) is 73.9 Å². The van der Waals surface area contributed by atoms with Crippen molar-refractivity contribution in [1.82, 2.24) is 44.7 Å². The minimum Gasteiger partial charge on any atom is -0.457 e. The number of nitrogens with zero attached hydrogens (tertiary/aromatic N) is 9. The molecule has 0 radical (unpaired) electrons. The van der Waals surface area contributed by atoms with Crippen LogP contribution in [0.1, 0.15) is 52.4 Å². The molecule has 17 heteroatoms. The highest BCUT2D eigenvalue weighted by Gasteiger charge is 2.45. The summed E-state index contributed by atoms with van der Waals surface area (Å²) < 4.78 is 7.95. The first-order valence-electron chi connectivity index (χ1n) is 21.3. The van der Waals surface area contributed by atoms with Gasteiger partial charge in [0, 0.05) is 82.5 Å². The normalized spacial score (nSPS) is 20.5. The molecular weight excluding hydrogens is 791 g/mol. The first kappa shape index (κ1) is 39.4. The number of rotatable bonds is 10. The molecule has 1 unspecified atom stereocenters. The molecule has 2 aromatic heterocycles. The Bertz CT molecular complexity index is 2560. The quantitative estimate of drug-likeness (QED) is 0.195. The molecule has 318 valence electrons. The topological polar surface area (TPSA) is 192 Å². The zero-order chi connectivity index (χ0) is 42.5. The van der Waals surface area contributed by atoms with Gasteiger partial charge >= 0.3 is 0 Å². The van der Waals surface area contributed by atoms with Crippen molar-refractivity contribution < 1.29 is 28.7 Å². The molecular formula is C45H47N11O6. The predicted molar refractivity (Wildman–Crippen MR) is 228 cm³/mol. The molecule has 3 aromatic carbocycles. The largest absolute Gasteiger partial charge is 0.457 e. The van der Waals surface area contributed by atoms with E-state index in [1.807, 2.05) is 70.2 Å². The van der Waals surface area contributed by atoms with E-state index in [4.69, 9.17) is 15.6 Å². The van der Waals surface area contributed by atoms with Crippen molar-refractivity contribution in [2.45, 2.75) is 37.8 Å². The first-order valence-corrected chi connectivity index (χ1v) is 21.3. The summed E-state index contributed by atoms with van der Waals surface area (Å²) in [6.07, 6.45) is 3.20. The van der Waals surface area contributed by atoms with Gasteiger partial charge in [0.15, 0.2) is 5.65 Å². The van der Waals surface area contributed by atoms with Crippen molar-refractivity contribution in [3.05, 3.63) is 90.3 Å². The van der Waals surface area contributed by atoms with Crippen LogP contribution >= 0.6 is 0 Å². The summed E-state index contributed by atoms with van der Waals surface area (Å²) in [6.45, 7) is 7.72. The Morgan fingerprint density at radius 3 is 2.24 bits per heavy atom. The fourth-order valence-corrected chi connectivity index (χ4v) is 9.46. The molecule has 17 nitrogen and oxygen atoms in total. The molecule has 62 heavy (non-hydrogen) atoms. The number of hydrogen-bond donors (Lipinski definition) is 2. The number of piperidine rings is 2.